The standard InChI is InChI=1S/C11H10N4O/c12-6-5-11(16)13-7-10-8-3-1-2-4-9(8)14-15-10/h1-4H,5,7H2,(H,13,16)(H,14,15). The Balaban J connectivity index is 2.11. The third-order valence-electron chi connectivity index (χ3n) is 2.24. The maximum atomic E-state index is 11.1. The van der Waals surface area contributed by atoms with Crippen molar-refractivity contribution in [3.63, 3.8) is 0 Å². The van der Waals surface area contributed by atoms with E-state index in [0.717, 1.165) is 16.6 Å². The van der Waals surface area contributed by atoms with Crippen LogP contribution in [-0.4, -0.2) is 16.1 Å². The molecule has 1 aromatic heterocycles. The number of aromatic nitrogens is 2. The highest BCUT2D eigenvalue weighted by Gasteiger charge is 2.05. The first-order valence-corrected chi connectivity index (χ1v) is 4.87. The van der Waals surface area contributed by atoms with Gasteiger partial charge in [-0.2, -0.15) is 10.4 Å². The molecule has 0 radical (unpaired) electrons. The molecule has 2 aromatic rings. The van der Waals surface area contributed by atoms with Crippen LogP contribution in [0, 0.1) is 11.3 Å². The van der Waals surface area contributed by atoms with E-state index in [0.29, 0.717) is 6.54 Å². The van der Waals surface area contributed by atoms with Crippen molar-refractivity contribution in [1.29, 1.82) is 5.26 Å². The third kappa shape index (κ3) is 2.01. The Morgan fingerprint density at radius 3 is 3.12 bits per heavy atom. The smallest absolute Gasteiger partial charge is 0.234 e. The van der Waals surface area contributed by atoms with Gasteiger partial charge in [0.25, 0.3) is 0 Å². The Morgan fingerprint density at radius 2 is 2.31 bits per heavy atom. The molecule has 1 amide bonds. The second-order valence-corrected chi connectivity index (χ2v) is 3.33. The number of nitriles is 1. The minimum absolute atomic E-state index is 0.119. The maximum absolute atomic E-state index is 11.1. The Labute approximate surface area is 92.1 Å². The highest BCUT2D eigenvalue weighted by atomic mass is 16.1. The molecule has 80 valence electrons. The topological polar surface area (TPSA) is 81.6 Å². The number of hydrogen-bond acceptors (Lipinski definition) is 3. The molecule has 2 rings (SSSR count). The van der Waals surface area contributed by atoms with Gasteiger partial charge in [0.1, 0.15) is 6.42 Å². The Bertz CT molecular complexity index is 552. The lowest BCUT2D eigenvalue weighted by Gasteiger charge is -2.00. The van der Waals surface area contributed by atoms with Crippen molar-refractivity contribution in [2.45, 2.75) is 13.0 Å². The lowest BCUT2D eigenvalue weighted by Crippen LogP contribution is -2.22. The van der Waals surface area contributed by atoms with E-state index in [4.69, 9.17) is 5.26 Å². The number of fused-ring (bicyclic) bond motifs is 1. The van der Waals surface area contributed by atoms with Gasteiger partial charge in [-0.3, -0.25) is 9.89 Å². The summed E-state index contributed by atoms with van der Waals surface area (Å²) in [6.45, 7) is 0.362. The summed E-state index contributed by atoms with van der Waals surface area (Å²) >= 11 is 0. The number of benzene rings is 1. The first kappa shape index (κ1) is 10.2. The number of para-hydroxylation sites is 1. The van der Waals surface area contributed by atoms with E-state index < -0.39 is 0 Å². The molecule has 2 N–H and O–H groups in total. The van der Waals surface area contributed by atoms with Crippen LogP contribution < -0.4 is 5.32 Å². The second kappa shape index (κ2) is 4.45. The van der Waals surface area contributed by atoms with Crippen molar-refractivity contribution < 1.29 is 4.79 Å². The first-order chi connectivity index (χ1) is 7.81. The molecule has 0 aliphatic carbocycles. The SMILES string of the molecule is N#CCC(=O)NCc1[nH]nc2ccccc12. The van der Waals surface area contributed by atoms with Crippen LogP contribution in [-0.2, 0) is 11.3 Å². The Hall–Kier alpha value is -2.35. The van der Waals surface area contributed by atoms with Crippen molar-refractivity contribution in [2.75, 3.05) is 0 Å². The van der Waals surface area contributed by atoms with Crippen molar-refractivity contribution in [3.05, 3.63) is 30.0 Å². The second-order valence-electron chi connectivity index (χ2n) is 3.33. The highest BCUT2D eigenvalue weighted by Crippen LogP contribution is 2.14. The molecule has 5 heteroatoms. The van der Waals surface area contributed by atoms with Crippen molar-refractivity contribution in [2.24, 2.45) is 0 Å². The normalized spacial score (nSPS) is 9.94. The minimum Gasteiger partial charge on any atom is -0.350 e. The number of H-pyrrole nitrogens is 1. The minimum atomic E-state index is -0.277. The average molecular weight is 214 g/mol. The summed E-state index contributed by atoms with van der Waals surface area (Å²) in [5, 5.41) is 18.9. The fourth-order valence-corrected chi connectivity index (χ4v) is 1.47. The molecule has 0 atom stereocenters. The van der Waals surface area contributed by atoms with E-state index >= 15 is 0 Å². The lowest BCUT2D eigenvalue weighted by molar-refractivity contribution is -0.120. The van der Waals surface area contributed by atoms with Crippen LogP contribution in [0.15, 0.2) is 24.3 Å². The van der Waals surface area contributed by atoms with Crippen LogP contribution >= 0.6 is 0 Å². The van der Waals surface area contributed by atoms with Gasteiger partial charge in [-0.1, -0.05) is 18.2 Å². The maximum Gasteiger partial charge on any atom is 0.234 e. The van der Waals surface area contributed by atoms with E-state index in [1.165, 1.54) is 0 Å². The zero-order valence-corrected chi connectivity index (χ0v) is 8.53. The summed E-state index contributed by atoms with van der Waals surface area (Å²) in [7, 11) is 0. The van der Waals surface area contributed by atoms with Crippen LogP contribution in [0.1, 0.15) is 12.1 Å². The molecule has 1 heterocycles. The van der Waals surface area contributed by atoms with Crippen LogP contribution in [0.25, 0.3) is 10.9 Å². The van der Waals surface area contributed by atoms with Gasteiger partial charge in [0.15, 0.2) is 0 Å². The molecule has 0 saturated heterocycles. The Morgan fingerprint density at radius 1 is 1.50 bits per heavy atom. The molecule has 1 aromatic carbocycles. The fraction of sp³-hybridized carbons (Fsp3) is 0.182. The average Bonchev–Trinajstić information content (AvgIpc) is 2.70. The number of carbonyl (C=O) groups excluding carboxylic acids is 1. The quantitative estimate of drug-likeness (QED) is 0.802. The van der Waals surface area contributed by atoms with Gasteiger partial charge in [0, 0.05) is 5.39 Å². The molecule has 0 spiro atoms. The monoisotopic (exact) mass is 214 g/mol. The zero-order chi connectivity index (χ0) is 11.4. The van der Waals surface area contributed by atoms with Crippen LogP contribution in [0.3, 0.4) is 0 Å². The predicted octanol–water partition coefficient (Wildman–Crippen LogP) is 1.09. The van der Waals surface area contributed by atoms with Crippen LogP contribution in [0.4, 0.5) is 0 Å². The zero-order valence-electron chi connectivity index (χ0n) is 8.53. The van der Waals surface area contributed by atoms with E-state index in [2.05, 4.69) is 15.5 Å². The summed E-state index contributed by atoms with van der Waals surface area (Å²) in [5.41, 5.74) is 1.72. The molecule has 5 nitrogen and oxygen atoms in total. The number of rotatable bonds is 3. The molecule has 0 unspecified atom stereocenters. The fourth-order valence-electron chi connectivity index (χ4n) is 1.47. The van der Waals surface area contributed by atoms with Gasteiger partial charge in [0.05, 0.1) is 23.8 Å². The largest absolute Gasteiger partial charge is 0.350 e. The number of amides is 1. The van der Waals surface area contributed by atoms with Gasteiger partial charge >= 0.3 is 0 Å². The van der Waals surface area contributed by atoms with Gasteiger partial charge in [-0.25, -0.2) is 0 Å². The van der Waals surface area contributed by atoms with E-state index in [-0.39, 0.29) is 12.3 Å². The first-order valence-electron chi connectivity index (χ1n) is 4.87. The van der Waals surface area contributed by atoms with Gasteiger partial charge in [-0.05, 0) is 6.07 Å². The number of nitrogens with zero attached hydrogens (tertiary/aromatic N) is 2. The Kier molecular flexibility index (Phi) is 2.83. The molecular weight excluding hydrogens is 204 g/mol. The van der Waals surface area contributed by atoms with E-state index in [1.807, 2.05) is 24.3 Å². The van der Waals surface area contributed by atoms with Gasteiger partial charge < -0.3 is 5.32 Å². The highest BCUT2D eigenvalue weighted by molar-refractivity contribution is 5.82. The summed E-state index contributed by atoms with van der Waals surface area (Å²) in [6, 6.07) is 9.45. The molecular formula is C11H10N4O. The number of aromatic amines is 1. The van der Waals surface area contributed by atoms with Crippen molar-refractivity contribution >= 4 is 16.8 Å². The third-order valence-corrected chi connectivity index (χ3v) is 2.24. The van der Waals surface area contributed by atoms with Crippen LogP contribution in [0.5, 0.6) is 0 Å². The number of nitrogens with one attached hydrogen (secondary N) is 2. The lowest BCUT2D eigenvalue weighted by atomic mass is 10.2. The number of carbonyl (C=O) groups is 1. The molecule has 0 aliphatic heterocycles. The molecule has 0 aliphatic rings. The predicted molar refractivity (Wildman–Crippen MR) is 58.2 cm³/mol. The van der Waals surface area contributed by atoms with Crippen molar-refractivity contribution in [1.82, 2.24) is 15.5 Å². The molecule has 0 saturated carbocycles. The molecule has 0 bridgehead atoms. The summed E-state index contributed by atoms with van der Waals surface area (Å²) in [6.07, 6.45) is -0.119. The van der Waals surface area contributed by atoms with E-state index in [9.17, 15) is 4.79 Å². The number of hydrogen-bond donors (Lipinski definition) is 2. The summed E-state index contributed by atoms with van der Waals surface area (Å²) < 4.78 is 0. The van der Waals surface area contributed by atoms with Gasteiger partial charge in [-0.15, -0.1) is 0 Å². The molecule has 16 heavy (non-hydrogen) atoms. The van der Waals surface area contributed by atoms with Crippen molar-refractivity contribution in [3.8, 4) is 6.07 Å². The van der Waals surface area contributed by atoms with Crippen LogP contribution in [0.2, 0.25) is 0 Å². The van der Waals surface area contributed by atoms with Gasteiger partial charge in [0.2, 0.25) is 5.91 Å². The van der Waals surface area contributed by atoms with E-state index in [1.54, 1.807) is 6.07 Å². The summed E-state index contributed by atoms with van der Waals surface area (Å²) in [5.74, 6) is -0.277. The summed E-state index contributed by atoms with van der Waals surface area (Å²) in [4.78, 5) is 11.1. The molecule has 0 fully saturated rings.